The van der Waals surface area contributed by atoms with E-state index >= 15 is 0 Å². The molecule has 2 heterocycles. The fourth-order valence-corrected chi connectivity index (χ4v) is 2.12. The molecule has 0 spiro atoms. The standard InChI is InChI=1S/C12H14N4OS/c1-2-16(7-9-3-5-14-6-4-9)11(17)10-8-18-12(13)15-10/h3-6,8H,2,7H2,1H3,(H2,13,15). The van der Waals surface area contributed by atoms with Crippen molar-refractivity contribution in [3.05, 3.63) is 41.2 Å². The molecule has 0 aliphatic heterocycles. The Hall–Kier alpha value is -1.95. The zero-order valence-electron chi connectivity index (χ0n) is 10.0. The van der Waals surface area contributed by atoms with Gasteiger partial charge in [0.1, 0.15) is 5.69 Å². The maximum atomic E-state index is 12.2. The summed E-state index contributed by atoms with van der Waals surface area (Å²) in [6.45, 7) is 3.11. The number of pyridine rings is 1. The summed E-state index contributed by atoms with van der Waals surface area (Å²) >= 11 is 1.28. The van der Waals surface area contributed by atoms with Crippen LogP contribution in [0.25, 0.3) is 0 Å². The van der Waals surface area contributed by atoms with E-state index in [1.54, 1.807) is 22.7 Å². The van der Waals surface area contributed by atoms with Crippen LogP contribution in [0.2, 0.25) is 0 Å². The number of nitrogens with two attached hydrogens (primary N) is 1. The lowest BCUT2D eigenvalue weighted by Gasteiger charge is -2.19. The van der Waals surface area contributed by atoms with E-state index in [1.165, 1.54) is 11.3 Å². The monoisotopic (exact) mass is 262 g/mol. The SMILES string of the molecule is CCN(Cc1ccncc1)C(=O)c1csc(N)n1. The van der Waals surface area contributed by atoms with Gasteiger partial charge in [-0.25, -0.2) is 4.98 Å². The third kappa shape index (κ3) is 2.84. The van der Waals surface area contributed by atoms with Gasteiger partial charge >= 0.3 is 0 Å². The molecule has 0 bridgehead atoms. The van der Waals surface area contributed by atoms with Crippen molar-refractivity contribution in [3.63, 3.8) is 0 Å². The molecule has 2 aromatic heterocycles. The van der Waals surface area contributed by atoms with Crippen molar-refractivity contribution in [2.24, 2.45) is 0 Å². The Bertz CT molecular complexity index is 526. The third-order valence-corrected chi connectivity index (χ3v) is 3.21. The fraction of sp³-hybridized carbons (Fsp3) is 0.250. The van der Waals surface area contributed by atoms with Crippen LogP contribution in [0.3, 0.4) is 0 Å². The average Bonchev–Trinajstić information content (AvgIpc) is 2.83. The Morgan fingerprint density at radius 1 is 1.44 bits per heavy atom. The summed E-state index contributed by atoms with van der Waals surface area (Å²) in [4.78, 5) is 21.9. The predicted octanol–water partition coefficient (Wildman–Crippen LogP) is 1.78. The Morgan fingerprint density at radius 3 is 2.72 bits per heavy atom. The van der Waals surface area contributed by atoms with Gasteiger partial charge in [-0.3, -0.25) is 9.78 Å². The first-order valence-corrected chi connectivity index (χ1v) is 6.48. The number of nitrogen functional groups attached to an aromatic ring is 1. The van der Waals surface area contributed by atoms with Gasteiger partial charge in [-0.05, 0) is 24.6 Å². The number of nitrogens with zero attached hydrogens (tertiary/aromatic N) is 3. The highest BCUT2D eigenvalue weighted by atomic mass is 32.1. The molecule has 0 radical (unpaired) electrons. The van der Waals surface area contributed by atoms with Gasteiger partial charge in [-0.2, -0.15) is 0 Å². The first-order valence-electron chi connectivity index (χ1n) is 5.60. The van der Waals surface area contributed by atoms with Crippen LogP contribution in [0.15, 0.2) is 29.9 Å². The Labute approximate surface area is 109 Å². The summed E-state index contributed by atoms with van der Waals surface area (Å²) in [6, 6.07) is 3.79. The number of anilines is 1. The minimum absolute atomic E-state index is 0.0951. The first-order chi connectivity index (χ1) is 8.70. The first kappa shape index (κ1) is 12.5. The topological polar surface area (TPSA) is 72.1 Å². The van der Waals surface area contributed by atoms with Crippen molar-refractivity contribution in [3.8, 4) is 0 Å². The molecule has 1 amide bonds. The summed E-state index contributed by atoms with van der Waals surface area (Å²) in [5.74, 6) is -0.0951. The molecule has 94 valence electrons. The molecule has 0 atom stereocenters. The van der Waals surface area contributed by atoms with Gasteiger partial charge in [0.05, 0.1) is 0 Å². The van der Waals surface area contributed by atoms with Gasteiger partial charge in [-0.15, -0.1) is 11.3 Å². The second-order valence-electron chi connectivity index (χ2n) is 3.75. The van der Waals surface area contributed by atoms with E-state index in [-0.39, 0.29) is 5.91 Å². The van der Waals surface area contributed by atoms with E-state index in [4.69, 9.17) is 5.73 Å². The minimum Gasteiger partial charge on any atom is -0.375 e. The van der Waals surface area contributed by atoms with Crippen LogP contribution in [0.1, 0.15) is 23.0 Å². The molecular formula is C12H14N4OS. The molecule has 0 saturated heterocycles. The van der Waals surface area contributed by atoms with Crippen LogP contribution in [-0.4, -0.2) is 27.3 Å². The van der Waals surface area contributed by atoms with Gasteiger partial charge in [-0.1, -0.05) is 0 Å². The number of hydrogen-bond acceptors (Lipinski definition) is 5. The number of carbonyl (C=O) groups is 1. The van der Waals surface area contributed by atoms with Crippen LogP contribution in [-0.2, 0) is 6.54 Å². The average molecular weight is 262 g/mol. The second-order valence-corrected chi connectivity index (χ2v) is 4.64. The number of aromatic nitrogens is 2. The molecule has 0 saturated carbocycles. The number of amides is 1. The number of hydrogen-bond donors (Lipinski definition) is 1. The van der Waals surface area contributed by atoms with E-state index in [2.05, 4.69) is 9.97 Å². The van der Waals surface area contributed by atoms with Gasteiger partial charge in [0, 0.05) is 30.9 Å². The highest BCUT2D eigenvalue weighted by Gasteiger charge is 2.17. The van der Waals surface area contributed by atoms with E-state index in [0.29, 0.717) is 23.9 Å². The number of carbonyl (C=O) groups excluding carboxylic acids is 1. The third-order valence-electron chi connectivity index (χ3n) is 2.53. The lowest BCUT2D eigenvalue weighted by molar-refractivity contribution is 0.0747. The highest BCUT2D eigenvalue weighted by molar-refractivity contribution is 7.13. The molecule has 2 aromatic rings. The van der Waals surface area contributed by atoms with Gasteiger partial charge in [0.2, 0.25) is 0 Å². The lowest BCUT2D eigenvalue weighted by atomic mass is 10.2. The van der Waals surface area contributed by atoms with E-state index in [0.717, 1.165) is 5.56 Å². The number of thiazole rings is 1. The van der Waals surface area contributed by atoms with Crippen LogP contribution in [0.5, 0.6) is 0 Å². The van der Waals surface area contributed by atoms with Crippen LogP contribution < -0.4 is 5.73 Å². The summed E-state index contributed by atoms with van der Waals surface area (Å²) in [6.07, 6.45) is 3.43. The van der Waals surface area contributed by atoms with Gasteiger partial charge in [0.15, 0.2) is 5.13 Å². The van der Waals surface area contributed by atoms with Crippen LogP contribution in [0.4, 0.5) is 5.13 Å². The van der Waals surface area contributed by atoms with Gasteiger partial charge in [0.25, 0.3) is 5.91 Å². The van der Waals surface area contributed by atoms with Crippen molar-refractivity contribution >= 4 is 22.4 Å². The summed E-state index contributed by atoms with van der Waals surface area (Å²) in [7, 11) is 0. The van der Waals surface area contributed by atoms with Crippen molar-refractivity contribution in [1.29, 1.82) is 0 Å². The maximum Gasteiger partial charge on any atom is 0.273 e. The van der Waals surface area contributed by atoms with Crippen molar-refractivity contribution in [2.45, 2.75) is 13.5 Å². The molecule has 0 aliphatic carbocycles. The smallest absolute Gasteiger partial charge is 0.273 e. The largest absolute Gasteiger partial charge is 0.375 e. The summed E-state index contributed by atoms with van der Waals surface area (Å²) < 4.78 is 0. The molecule has 0 unspecified atom stereocenters. The molecule has 18 heavy (non-hydrogen) atoms. The van der Waals surface area contributed by atoms with Crippen molar-refractivity contribution in [1.82, 2.24) is 14.9 Å². The summed E-state index contributed by atoms with van der Waals surface area (Å²) in [5, 5.41) is 2.10. The maximum absolute atomic E-state index is 12.2. The van der Waals surface area contributed by atoms with Crippen LogP contribution in [0, 0.1) is 0 Å². The molecule has 0 fully saturated rings. The number of rotatable bonds is 4. The molecule has 2 rings (SSSR count). The van der Waals surface area contributed by atoms with Gasteiger partial charge < -0.3 is 10.6 Å². The highest BCUT2D eigenvalue weighted by Crippen LogP contribution is 2.14. The zero-order chi connectivity index (χ0) is 13.0. The fourth-order valence-electron chi connectivity index (χ4n) is 1.58. The predicted molar refractivity (Wildman–Crippen MR) is 71.2 cm³/mol. The van der Waals surface area contributed by atoms with Crippen molar-refractivity contribution in [2.75, 3.05) is 12.3 Å². The molecular weight excluding hydrogens is 248 g/mol. The Balaban J connectivity index is 2.12. The molecule has 0 aromatic carbocycles. The normalized spacial score (nSPS) is 10.3. The zero-order valence-corrected chi connectivity index (χ0v) is 10.9. The van der Waals surface area contributed by atoms with Crippen molar-refractivity contribution < 1.29 is 4.79 Å². The molecule has 6 heteroatoms. The molecule has 2 N–H and O–H groups in total. The quantitative estimate of drug-likeness (QED) is 0.911. The lowest BCUT2D eigenvalue weighted by Crippen LogP contribution is -2.30. The Morgan fingerprint density at radius 2 is 2.17 bits per heavy atom. The van der Waals surface area contributed by atoms with E-state index < -0.39 is 0 Å². The van der Waals surface area contributed by atoms with E-state index in [1.807, 2.05) is 19.1 Å². The molecule has 0 aliphatic rings. The van der Waals surface area contributed by atoms with E-state index in [9.17, 15) is 4.79 Å². The molecule has 5 nitrogen and oxygen atoms in total. The second kappa shape index (κ2) is 5.59. The van der Waals surface area contributed by atoms with Crippen LogP contribution >= 0.6 is 11.3 Å². The Kier molecular flexibility index (Phi) is 3.88. The summed E-state index contributed by atoms with van der Waals surface area (Å²) in [5.41, 5.74) is 6.99. The minimum atomic E-state index is -0.0951.